The molecule has 0 radical (unpaired) electrons. The Morgan fingerprint density at radius 1 is 1.03 bits per heavy atom. The van der Waals surface area contributed by atoms with E-state index >= 15 is 0 Å². The van der Waals surface area contributed by atoms with Gasteiger partial charge in [-0.05, 0) is 61.4 Å². The van der Waals surface area contributed by atoms with Crippen LogP contribution in [0.1, 0.15) is 29.6 Å². The molecule has 2 heterocycles. The Morgan fingerprint density at radius 3 is 2.31 bits per heavy atom. The lowest BCUT2D eigenvalue weighted by molar-refractivity contribution is 0.0983. The quantitative estimate of drug-likeness (QED) is 0.634. The van der Waals surface area contributed by atoms with Gasteiger partial charge in [0.2, 0.25) is 10.0 Å². The molecule has 4 rings (SSSR count). The van der Waals surface area contributed by atoms with Crippen molar-refractivity contribution in [2.45, 2.75) is 30.2 Å². The Labute approximate surface area is 193 Å². The zero-order valence-electron chi connectivity index (χ0n) is 17.2. The second kappa shape index (κ2) is 8.97. The lowest BCUT2D eigenvalue weighted by atomic mass is 10.1. The minimum absolute atomic E-state index is 0.133. The fourth-order valence-electron chi connectivity index (χ4n) is 3.97. The summed E-state index contributed by atoms with van der Waals surface area (Å²) in [5, 5.41) is 1.52. The highest BCUT2D eigenvalue weighted by atomic mass is 35.5. The molecule has 2 aromatic rings. The standard InChI is InChI=1S/C22H23ClN2O5S2/c23-18-5-4-6-19(15-18)25(20-11-14-31(27,28)16-20)22(26)17-7-9-21(10-8-17)32(29,30)24-12-2-1-3-13-24/h4-11,14-15,20H,1-3,12-13,16H2/t20-/m1/s1. The molecule has 2 aromatic carbocycles. The monoisotopic (exact) mass is 494 g/mol. The van der Waals surface area contributed by atoms with Gasteiger partial charge in [-0.2, -0.15) is 4.31 Å². The molecule has 170 valence electrons. The van der Waals surface area contributed by atoms with Gasteiger partial charge >= 0.3 is 0 Å². The summed E-state index contributed by atoms with van der Waals surface area (Å²) in [4.78, 5) is 14.9. The lowest BCUT2D eigenvalue weighted by Gasteiger charge is -2.28. The number of hydrogen-bond donors (Lipinski definition) is 0. The number of anilines is 1. The summed E-state index contributed by atoms with van der Waals surface area (Å²) >= 11 is 6.10. The fraction of sp³-hybridized carbons (Fsp3) is 0.318. The van der Waals surface area contributed by atoms with Crippen LogP contribution in [0.3, 0.4) is 0 Å². The summed E-state index contributed by atoms with van der Waals surface area (Å²) in [5.74, 6) is -0.673. The SMILES string of the molecule is O=C(c1ccc(S(=O)(=O)N2CCCCC2)cc1)N(c1cccc(Cl)c1)[C@@H]1C=CS(=O)(=O)C1. The van der Waals surface area contributed by atoms with Gasteiger partial charge in [0.1, 0.15) is 0 Å². The van der Waals surface area contributed by atoms with Crippen molar-refractivity contribution in [1.82, 2.24) is 4.31 Å². The molecule has 1 saturated heterocycles. The van der Waals surface area contributed by atoms with Gasteiger partial charge in [-0.1, -0.05) is 24.1 Å². The smallest absolute Gasteiger partial charge is 0.258 e. The molecule has 2 aliphatic rings. The molecule has 0 aromatic heterocycles. The van der Waals surface area contributed by atoms with E-state index in [1.165, 1.54) is 39.5 Å². The minimum atomic E-state index is -3.61. The average molecular weight is 495 g/mol. The van der Waals surface area contributed by atoms with E-state index < -0.39 is 31.8 Å². The van der Waals surface area contributed by atoms with Gasteiger partial charge in [-0.25, -0.2) is 16.8 Å². The first-order chi connectivity index (χ1) is 15.2. The zero-order valence-corrected chi connectivity index (χ0v) is 19.6. The molecule has 1 fully saturated rings. The lowest BCUT2D eigenvalue weighted by Crippen LogP contribution is -2.41. The van der Waals surface area contributed by atoms with Crippen LogP contribution < -0.4 is 4.90 Å². The van der Waals surface area contributed by atoms with E-state index in [1.807, 2.05) is 0 Å². The maximum absolute atomic E-state index is 13.4. The maximum Gasteiger partial charge on any atom is 0.258 e. The van der Waals surface area contributed by atoms with Crippen LogP contribution in [0, 0.1) is 0 Å². The van der Waals surface area contributed by atoms with Crippen LogP contribution >= 0.6 is 11.6 Å². The largest absolute Gasteiger partial charge is 0.300 e. The predicted octanol–water partition coefficient (Wildman–Crippen LogP) is 3.47. The van der Waals surface area contributed by atoms with Crippen LogP contribution in [-0.2, 0) is 19.9 Å². The van der Waals surface area contributed by atoms with E-state index in [-0.39, 0.29) is 16.2 Å². The number of carbonyl (C=O) groups excluding carboxylic acids is 1. The number of halogens is 1. The Balaban J connectivity index is 1.65. The Morgan fingerprint density at radius 2 is 1.72 bits per heavy atom. The molecule has 2 aliphatic heterocycles. The Hall–Kier alpha value is -2.20. The Bertz CT molecular complexity index is 1250. The third-order valence-electron chi connectivity index (χ3n) is 5.60. The number of sulfonamides is 1. The van der Waals surface area contributed by atoms with Crippen molar-refractivity contribution in [2.24, 2.45) is 0 Å². The molecule has 0 bridgehead atoms. The first kappa shape index (κ1) is 23.0. The van der Waals surface area contributed by atoms with Crippen molar-refractivity contribution >= 4 is 43.1 Å². The highest BCUT2D eigenvalue weighted by molar-refractivity contribution is 7.94. The minimum Gasteiger partial charge on any atom is -0.300 e. The van der Waals surface area contributed by atoms with Crippen molar-refractivity contribution in [3.8, 4) is 0 Å². The van der Waals surface area contributed by atoms with Gasteiger partial charge in [-0.3, -0.25) is 4.79 Å². The average Bonchev–Trinajstić information content (AvgIpc) is 3.13. The van der Waals surface area contributed by atoms with Gasteiger partial charge in [0, 0.05) is 34.8 Å². The predicted molar refractivity (Wildman–Crippen MR) is 124 cm³/mol. The number of amides is 1. The second-order valence-electron chi connectivity index (χ2n) is 7.87. The van der Waals surface area contributed by atoms with Gasteiger partial charge in [0.25, 0.3) is 5.91 Å². The van der Waals surface area contributed by atoms with Crippen molar-refractivity contribution in [1.29, 1.82) is 0 Å². The van der Waals surface area contributed by atoms with E-state index in [0.717, 1.165) is 24.7 Å². The molecular weight excluding hydrogens is 472 g/mol. The molecule has 0 N–H and O–H groups in total. The zero-order chi connectivity index (χ0) is 22.9. The second-order valence-corrected chi connectivity index (χ2v) is 12.2. The van der Waals surface area contributed by atoms with Crippen molar-refractivity contribution in [3.63, 3.8) is 0 Å². The normalized spacial score (nSPS) is 20.8. The number of carbonyl (C=O) groups is 1. The maximum atomic E-state index is 13.4. The van der Waals surface area contributed by atoms with E-state index in [1.54, 1.807) is 24.3 Å². The number of nitrogens with zero attached hydrogens (tertiary/aromatic N) is 2. The Kier molecular flexibility index (Phi) is 6.44. The molecule has 0 saturated carbocycles. The molecule has 1 atom stereocenters. The summed E-state index contributed by atoms with van der Waals surface area (Å²) in [5.41, 5.74) is 0.708. The van der Waals surface area contributed by atoms with Gasteiger partial charge in [0.15, 0.2) is 9.84 Å². The van der Waals surface area contributed by atoms with E-state index in [0.29, 0.717) is 23.8 Å². The fourth-order valence-corrected chi connectivity index (χ4v) is 6.94. The number of benzene rings is 2. The van der Waals surface area contributed by atoms with Gasteiger partial charge in [0.05, 0.1) is 16.7 Å². The molecule has 10 heteroatoms. The van der Waals surface area contributed by atoms with Crippen LogP contribution in [0.2, 0.25) is 5.02 Å². The number of sulfone groups is 1. The third kappa shape index (κ3) is 4.76. The van der Waals surface area contributed by atoms with Gasteiger partial charge < -0.3 is 4.90 Å². The molecule has 32 heavy (non-hydrogen) atoms. The van der Waals surface area contributed by atoms with E-state index in [9.17, 15) is 21.6 Å². The highest BCUT2D eigenvalue weighted by Gasteiger charge is 2.32. The first-order valence-electron chi connectivity index (χ1n) is 10.3. The summed E-state index contributed by atoms with van der Waals surface area (Å²) in [6, 6.07) is 11.7. The molecule has 0 unspecified atom stereocenters. The molecular formula is C22H23ClN2O5S2. The van der Waals surface area contributed by atoms with Crippen molar-refractivity contribution in [2.75, 3.05) is 23.7 Å². The van der Waals surface area contributed by atoms with E-state index in [2.05, 4.69) is 0 Å². The molecule has 1 amide bonds. The van der Waals surface area contributed by atoms with Crippen molar-refractivity contribution in [3.05, 3.63) is 70.6 Å². The van der Waals surface area contributed by atoms with Crippen LogP contribution in [0.25, 0.3) is 0 Å². The summed E-state index contributed by atoms with van der Waals surface area (Å²) < 4.78 is 51.2. The van der Waals surface area contributed by atoms with Crippen LogP contribution in [-0.4, -0.2) is 51.9 Å². The summed E-state index contributed by atoms with van der Waals surface area (Å²) in [7, 11) is -7.02. The number of piperidine rings is 1. The van der Waals surface area contributed by atoms with Gasteiger partial charge in [-0.15, -0.1) is 0 Å². The van der Waals surface area contributed by atoms with Crippen LogP contribution in [0.15, 0.2) is 64.9 Å². The molecule has 0 aliphatic carbocycles. The first-order valence-corrected chi connectivity index (χ1v) is 13.8. The molecule has 0 spiro atoms. The van der Waals surface area contributed by atoms with E-state index in [4.69, 9.17) is 11.6 Å². The van der Waals surface area contributed by atoms with Crippen LogP contribution in [0.5, 0.6) is 0 Å². The van der Waals surface area contributed by atoms with Crippen molar-refractivity contribution < 1.29 is 21.6 Å². The number of hydrogen-bond acceptors (Lipinski definition) is 5. The van der Waals surface area contributed by atoms with Crippen LogP contribution in [0.4, 0.5) is 5.69 Å². The topological polar surface area (TPSA) is 91.8 Å². The molecule has 7 nitrogen and oxygen atoms in total. The summed E-state index contributed by atoms with van der Waals surface area (Å²) in [6.45, 7) is 0.988. The summed E-state index contributed by atoms with van der Waals surface area (Å²) in [6.07, 6.45) is 4.16. The number of rotatable bonds is 5. The third-order valence-corrected chi connectivity index (χ3v) is 9.13. The highest BCUT2D eigenvalue weighted by Crippen LogP contribution is 2.28.